The van der Waals surface area contributed by atoms with Gasteiger partial charge in [-0.3, -0.25) is 9.89 Å². The Hall–Kier alpha value is -1.13. The highest BCUT2D eigenvalue weighted by atomic mass is 127. The van der Waals surface area contributed by atoms with E-state index in [1.165, 1.54) is 26.5 Å². The molecule has 2 aliphatic heterocycles. The molecule has 0 amide bonds. The number of nitrogens with zero attached hydrogens (tertiary/aromatic N) is 4. The lowest BCUT2D eigenvalue weighted by atomic mass is 9.98. The van der Waals surface area contributed by atoms with E-state index in [0.29, 0.717) is 11.7 Å². The fraction of sp³-hybridized carbons (Fsp3) is 0.667. The number of piperazine rings is 1. The second-order valence-corrected chi connectivity index (χ2v) is 7.93. The highest BCUT2D eigenvalue weighted by Gasteiger charge is 2.22. The smallest absolute Gasteiger partial charge is 0.193 e. The van der Waals surface area contributed by atoms with E-state index in [0.717, 1.165) is 57.3 Å². The Bertz CT molecular complexity index is 666. The van der Waals surface area contributed by atoms with E-state index in [9.17, 15) is 4.39 Å². The van der Waals surface area contributed by atoms with Crippen LogP contribution >= 0.6 is 24.0 Å². The summed E-state index contributed by atoms with van der Waals surface area (Å²) in [5, 5.41) is 3.58. The molecule has 3 rings (SSSR count). The first kappa shape index (κ1) is 24.1. The second kappa shape index (κ2) is 11.9. The second-order valence-electron chi connectivity index (χ2n) is 7.93. The summed E-state index contributed by atoms with van der Waals surface area (Å²) in [6.07, 6.45) is 2.58. The van der Waals surface area contributed by atoms with Crippen LogP contribution in [0.3, 0.4) is 0 Å². The van der Waals surface area contributed by atoms with Gasteiger partial charge in [-0.2, -0.15) is 0 Å². The van der Waals surface area contributed by atoms with Crippen molar-refractivity contribution in [2.75, 3.05) is 67.0 Å². The lowest BCUT2D eigenvalue weighted by Crippen LogP contribution is -2.53. The zero-order chi connectivity index (χ0) is 19.9. The molecule has 2 fully saturated rings. The van der Waals surface area contributed by atoms with Crippen molar-refractivity contribution in [2.24, 2.45) is 10.9 Å². The number of hydrogen-bond donors (Lipinski definition) is 1. The van der Waals surface area contributed by atoms with Gasteiger partial charge in [-0.25, -0.2) is 4.39 Å². The van der Waals surface area contributed by atoms with E-state index in [1.54, 1.807) is 12.1 Å². The highest BCUT2D eigenvalue weighted by Crippen LogP contribution is 2.19. The monoisotopic (exact) mass is 519 g/mol. The number of hydrogen-bond acceptors (Lipinski definition) is 4. The topological polar surface area (TPSA) is 43.3 Å². The maximum atomic E-state index is 13.9. The standard InChI is InChI=1S/C21H34FN5O.HI/c1-23-21(24-14-18-5-4-8-25(2)15-18)27-11-9-26(10-12-27)16-17-6-7-20(28-3)19(22)13-17;/h6-7,13,18H,4-5,8-12,14-16H2,1-3H3,(H,23,24);1H. The predicted octanol–water partition coefficient (Wildman–Crippen LogP) is 2.49. The van der Waals surface area contributed by atoms with Crippen molar-refractivity contribution >= 4 is 29.9 Å². The number of likely N-dealkylation sites (tertiary alicyclic amines) is 1. The number of methoxy groups -OCH3 is 1. The SMILES string of the molecule is CN=C(NCC1CCCN(C)C1)N1CCN(Cc2ccc(OC)c(F)c2)CC1.I. The van der Waals surface area contributed by atoms with E-state index in [2.05, 4.69) is 32.1 Å². The van der Waals surface area contributed by atoms with Crippen LogP contribution in [-0.4, -0.2) is 87.7 Å². The Morgan fingerprint density at radius 2 is 2.00 bits per heavy atom. The molecule has 1 aromatic rings. The quantitative estimate of drug-likeness (QED) is 0.368. The molecule has 0 aromatic heterocycles. The summed E-state index contributed by atoms with van der Waals surface area (Å²) in [7, 11) is 5.56. The Labute approximate surface area is 191 Å². The van der Waals surface area contributed by atoms with Crippen LogP contribution in [0.2, 0.25) is 0 Å². The van der Waals surface area contributed by atoms with Crippen molar-refractivity contribution < 1.29 is 9.13 Å². The fourth-order valence-corrected chi connectivity index (χ4v) is 4.19. The lowest BCUT2D eigenvalue weighted by Gasteiger charge is -2.37. The molecular weight excluding hydrogens is 484 g/mol. The normalized spacial score (nSPS) is 21.6. The lowest BCUT2D eigenvalue weighted by molar-refractivity contribution is 0.170. The number of ether oxygens (including phenoxy) is 1. The van der Waals surface area contributed by atoms with Crippen LogP contribution in [0.25, 0.3) is 0 Å². The molecule has 0 aliphatic carbocycles. The molecule has 0 saturated carbocycles. The first-order valence-electron chi connectivity index (χ1n) is 10.3. The van der Waals surface area contributed by atoms with Gasteiger partial charge in [0.05, 0.1) is 7.11 Å². The molecule has 1 unspecified atom stereocenters. The predicted molar refractivity (Wildman–Crippen MR) is 127 cm³/mol. The van der Waals surface area contributed by atoms with Gasteiger partial charge >= 0.3 is 0 Å². The largest absolute Gasteiger partial charge is 0.494 e. The number of rotatable bonds is 5. The van der Waals surface area contributed by atoms with E-state index < -0.39 is 0 Å². The van der Waals surface area contributed by atoms with Gasteiger partial charge < -0.3 is 19.9 Å². The zero-order valence-electron chi connectivity index (χ0n) is 17.9. The number of nitrogens with one attached hydrogen (secondary N) is 1. The Morgan fingerprint density at radius 3 is 2.62 bits per heavy atom. The fourth-order valence-electron chi connectivity index (χ4n) is 4.19. The minimum Gasteiger partial charge on any atom is -0.494 e. The average molecular weight is 519 g/mol. The van der Waals surface area contributed by atoms with Crippen LogP contribution in [0, 0.1) is 11.7 Å². The van der Waals surface area contributed by atoms with Gasteiger partial charge in [0.25, 0.3) is 0 Å². The number of halogens is 2. The van der Waals surface area contributed by atoms with Gasteiger partial charge in [-0.1, -0.05) is 6.07 Å². The number of piperidine rings is 1. The van der Waals surface area contributed by atoms with Crippen LogP contribution in [0.4, 0.5) is 4.39 Å². The third-order valence-corrected chi connectivity index (χ3v) is 5.78. The molecule has 0 radical (unpaired) electrons. The summed E-state index contributed by atoms with van der Waals surface area (Å²) in [5.41, 5.74) is 0.982. The van der Waals surface area contributed by atoms with Gasteiger partial charge in [0.1, 0.15) is 0 Å². The molecular formula is C21H35FIN5O. The Morgan fingerprint density at radius 1 is 1.24 bits per heavy atom. The summed E-state index contributed by atoms with van der Waals surface area (Å²) in [6.45, 7) is 7.88. The minimum atomic E-state index is -0.295. The van der Waals surface area contributed by atoms with E-state index in [-0.39, 0.29) is 29.8 Å². The van der Waals surface area contributed by atoms with Gasteiger partial charge in [0, 0.05) is 52.9 Å². The molecule has 1 N–H and O–H groups in total. The van der Waals surface area contributed by atoms with Crippen LogP contribution in [-0.2, 0) is 6.54 Å². The molecule has 8 heteroatoms. The first-order valence-corrected chi connectivity index (χ1v) is 10.3. The van der Waals surface area contributed by atoms with Crippen LogP contribution in [0.5, 0.6) is 5.75 Å². The molecule has 2 saturated heterocycles. The Kier molecular flexibility index (Phi) is 9.91. The zero-order valence-corrected chi connectivity index (χ0v) is 20.2. The summed E-state index contributed by atoms with van der Waals surface area (Å²) >= 11 is 0. The maximum Gasteiger partial charge on any atom is 0.193 e. The average Bonchev–Trinajstić information content (AvgIpc) is 2.70. The van der Waals surface area contributed by atoms with Crippen molar-refractivity contribution in [2.45, 2.75) is 19.4 Å². The van der Waals surface area contributed by atoms with E-state index in [4.69, 9.17) is 4.74 Å². The van der Waals surface area contributed by atoms with Crippen LogP contribution in [0.1, 0.15) is 18.4 Å². The Balaban J connectivity index is 0.00000300. The minimum absolute atomic E-state index is 0. The molecule has 1 atom stereocenters. The van der Waals surface area contributed by atoms with Crippen molar-refractivity contribution in [3.05, 3.63) is 29.6 Å². The number of guanidine groups is 1. The molecule has 164 valence electrons. The van der Waals surface area contributed by atoms with E-state index in [1.807, 2.05) is 13.1 Å². The van der Waals surface area contributed by atoms with Crippen LogP contribution in [0.15, 0.2) is 23.2 Å². The summed E-state index contributed by atoms with van der Waals surface area (Å²) < 4.78 is 18.9. The summed E-state index contributed by atoms with van der Waals surface area (Å²) in [6, 6.07) is 5.22. The van der Waals surface area contributed by atoms with Gasteiger partial charge in [0.2, 0.25) is 0 Å². The van der Waals surface area contributed by atoms with Crippen LogP contribution < -0.4 is 10.1 Å². The summed E-state index contributed by atoms with van der Waals surface area (Å²) in [4.78, 5) is 11.6. The molecule has 2 heterocycles. The summed E-state index contributed by atoms with van der Waals surface area (Å²) in [5.74, 6) is 1.70. The molecule has 0 spiro atoms. The third-order valence-electron chi connectivity index (χ3n) is 5.78. The maximum absolute atomic E-state index is 13.9. The van der Waals surface area contributed by atoms with Gasteiger partial charge in [-0.15, -0.1) is 24.0 Å². The molecule has 0 bridgehead atoms. The third kappa shape index (κ3) is 6.96. The van der Waals surface area contributed by atoms with Crippen molar-refractivity contribution in [3.63, 3.8) is 0 Å². The molecule has 29 heavy (non-hydrogen) atoms. The van der Waals surface area contributed by atoms with E-state index >= 15 is 0 Å². The number of benzene rings is 1. The molecule has 1 aromatic carbocycles. The van der Waals surface area contributed by atoms with Gasteiger partial charge in [-0.05, 0) is 50.0 Å². The first-order chi connectivity index (χ1) is 13.6. The number of aliphatic imine (C=N–C) groups is 1. The van der Waals surface area contributed by atoms with Crippen molar-refractivity contribution in [1.29, 1.82) is 0 Å². The van der Waals surface area contributed by atoms with Crippen molar-refractivity contribution in [3.8, 4) is 5.75 Å². The molecule has 2 aliphatic rings. The van der Waals surface area contributed by atoms with Crippen molar-refractivity contribution in [1.82, 2.24) is 20.0 Å². The van der Waals surface area contributed by atoms with Gasteiger partial charge in [0.15, 0.2) is 17.5 Å². The highest BCUT2D eigenvalue weighted by molar-refractivity contribution is 14.0. The molecule has 6 nitrogen and oxygen atoms in total.